The third-order valence-electron chi connectivity index (χ3n) is 1.23. The van der Waals surface area contributed by atoms with Crippen molar-refractivity contribution in [2.45, 2.75) is 20.3 Å². The molecule has 68 valence electrons. The molecule has 0 aromatic rings. The maximum absolute atomic E-state index is 10.7. The summed E-state index contributed by atoms with van der Waals surface area (Å²) in [7, 11) is 0. The van der Waals surface area contributed by atoms with E-state index >= 15 is 0 Å². The minimum Gasteiger partial charge on any atom is -0.398 e. The smallest absolute Gasteiger partial charge is 0.221 e. The molecule has 0 heterocycles. The van der Waals surface area contributed by atoms with Crippen LogP contribution in [-0.2, 0) is 4.79 Å². The van der Waals surface area contributed by atoms with Crippen molar-refractivity contribution < 1.29 is 4.79 Å². The molecule has 4 heteroatoms. The zero-order chi connectivity index (χ0) is 9.72. The van der Waals surface area contributed by atoms with E-state index < -0.39 is 0 Å². The Morgan fingerprint density at radius 2 is 2.17 bits per heavy atom. The van der Waals surface area contributed by atoms with Gasteiger partial charge in [0.05, 0.1) is 4.48 Å². The second kappa shape index (κ2) is 4.98. The zero-order valence-corrected chi connectivity index (χ0v) is 8.86. The monoisotopic (exact) mass is 232 g/mol. The average molecular weight is 233 g/mol. The van der Waals surface area contributed by atoms with Gasteiger partial charge >= 0.3 is 0 Å². The summed E-state index contributed by atoms with van der Waals surface area (Å²) in [5, 5.41) is 2.66. The fourth-order valence-corrected chi connectivity index (χ4v) is 1.08. The van der Waals surface area contributed by atoms with E-state index in [-0.39, 0.29) is 5.91 Å². The molecular weight excluding hydrogens is 220 g/mol. The van der Waals surface area contributed by atoms with Crippen molar-refractivity contribution in [2.24, 2.45) is 5.73 Å². The first-order valence-electron chi connectivity index (χ1n) is 3.60. The van der Waals surface area contributed by atoms with Crippen molar-refractivity contribution in [1.29, 1.82) is 0 Å². The molecule has 0 spiro atoms. The zero-order valence-electron chi connectivity index (χ0n) is 7.28. The molecule has 0 aromatic carbocycles. The molecule has 0 saturated carbocycles. The fraction of sp³-hybridized carbons (Fsp3) is 0.375. The summed E-state index contributed by atoms with van der Waals surface area (Å²) < 4.78 is 0.667. The van der Waals surface area contributed by atoms with E-state index in [1.54, 1.807) is 0 Å². The first-order valence-corrected chi connectivity index (χ1v) is 4.39. The SMILES string of the molecule is C=C(N)/C(Br)=C(/CC)NC(C)=O. The highest BCUT2D eigenvalue weighted by Crippen LogP contribution is 2.16. The highest BCUT2D eigenvalue weighted by atomic mass is 79.9. The third-order valence-corrected chi connectivity index (χ3v) is 2.22. The van der Waals surface area contributed by atoms with Gasteiger partial charge in [0.2, 0.25) is 5.91 Å². The number of amides is 1. The number of nitrogens with one attached hydrogen (secondary N) is 1. The van der Waals surface area contributed by atoms with Gasteiger partial charge in [0, 0.05) is 18.3 Å². The Bertz CT molecular complexity index is 233. The molecule has 0 aliphatic heterocycles. The van der Waals surface area contributed by atoms with Crippen LogP contribution in [0.1, 0.15) is 20.3 Å². The number of carbonyl (C=O) groups excluding carboxylic acids is 1. The summed E-state index contributed by atoms with van der Waals surface area (Å²) in [6.07, 6.45) is 0.705. The highest BCUT2D eigenvalue weighted by molar-refractivity contribution is 9.12. The van der Waals surface area contributed by atoms with Gasteiger partial charge in [-0.3, -0.25) is 4.79 Å². The Hall–Kier alpha value is -0.770. The summed E-state index contributed by atoms with van der Waals surface area (Å²) in [4.78, 5) is 10.7. The maximum atomic E-state index is 10.7. The molecule has 0 aliphatic carbocycles. The molecule has 12 heavy (non-hydrogen) atoms. The summed E-state index contributed by atoms with van der Waals surface area (Å²) in [6.45, 7) is 6.93. The number of allylic oxidation sites excluding steroid dienone is 2. The molecule has 0 rings (SSSR count). The minimum atomic E-state index is -0.106. The first kappa shape index (κ1) is 11.2. The van der Waals surface area contributed by atoms with Crippen LogP contribution in [0.3, 0.4) is 0 Å². The van der Waals surface area contributed by atoms with E-state index in [4.69, 9.17) is 5.73 Å². The molecule has 0 atom stereocenters. The van der Waals surface area contributed by atoms with Crippen LogP contribution in [0.25, 0.3) is 0 Å². The molecule has 0 saturated heterocycles. The van der Waals surface area contributed by atoms with E-state index in [0.717, 1.165) is 5.70 Å². The molecule has 0 unspecified atom stereocenters. The Morgan fingerprint density at radius 3 is 2.42 bits per heavy atom. The van der Waals surface area contributed by atoms with Crippen molar-refractivity contribution in [3.8, 4) is 0 Å². The van der Waals surface area contributed by atoms with Crippen molar-refractivity contribution in [2.75, 3.05) is 0 Å². The molecule has 1 amide bonds. The highest BCUT2D eigenvalue weighted by Gasteiger charge is 2.04. The number of hydrogen-bond acceptors (Lipinski definition) is 2. The predicted octanol–water partition coefficient (Wildman–Crippen LogP) is 1.61. The van der Waals surface area contributed by atoms with Crippen molar-refractivity contribution in [3.05, 3.63) is 22.5 Å². The lowest BCUT2D eigenvalue weighted by atomic mass is 10.3. The molecule has 3 N–H and O–H groups in total. The van der Waals surface area contributed by atoms with Crippen LogP contribution in [0, 0.1) is 0 Å². The van der Waals surface area contributed by atoms with Gasteiger partial charge in [0.25, 0.3) is 0 Å². The van der Waals surface area contributed by atoms with Crippen LogP contribution in [0.2, 0.25) is 0 Å². The second-order valence-electron chi connectivity index (χ2n) is 2.35. The largest absolute Gasteiger partial charge is 0.398 e. The van der Waals surface area contributed by atoms with Gasteiger partial charge < -0.3 is 11.1 Å². The Balaban J connectivity index is 4.61. The van der Waals surface area contributed by atoms with Gasteiger partial charge in [-0.15, -0.1) is 0 Å². The van der Waals surface area contributed by atoms with Crippen LogP contribution in [0.15, 0.2) is 22.5 Å². The number of rotatable bonds is 3. The van der Waals surface area contributed by atoms with Crippen LogP contribution in [-0.4, -0.2) is 5.91 Å². The molecule has 0 bridgehead atoms. The number of carbonyl (C=O) groups is 1. The van der Waals surface area contributed by atoms with E-state index in [1.807, 2.05) is 6.92 Å². The maximum Gasteiger partial charge on any atom is 0.221 e. The van der Waals surface area contributed by atoms with Crippen LogP contribution in [0.5, 0.6) is 0 Å². The summed E-state index contributed by atoms with van der Waals surface area (Å²) in [6, 6.07) is 0. The first-order chi connectivity index (χ1) is 5.49. The standard InChI is InChI=1S/C8H13BrN2O/c1-4-7(11-6(3)12)8(9)5(2)10/h2,4,10H2,1,3H3,(H,11,12)/b8-7+. The Kier molecular flexibility index (Phi) is 4.66. The van der Waals surface area contributed by atoms with Crippen LogP contribution >= 0.6 is 15.9 Å². The lowest BCUT2D eigenvalue weighted by Gasteiger charge is -2.08. The van der Waals surface area contributed by atoms with E-state index in [2.05, 4.69) is 27.8 Å². The van der Waals surface area contributed by atoms with Gasteiger partial charge in [-0.05, 0) is 22.4 Å². The average Bonchev–Trinajstić information content (AvgIpc) is 1.98. The predicted molar refractivity (Wildman–Crippen MR) is 53.4 cm³/mol. The van der Waals surface area contributed by atoms with Crippen molar-refractivity contribution in [3.63, 3.8) is 0 Å². The summed E-state index contributed by atoms with van der Waals surface area (Å²) in [5.41, 5.74) is 6.61. The van der Waals surface area contributed by atoms with E-state index in [0.29, 0.717) is 16.6 Å². The number of hydrogen-bond donors (Lipinski definition) is 2. The molecule has 0 aliphatic rings. The van der Waals surface area contributed by atoms with Gasteiger partial charge in [-0.1, -0.05) is 13.5 Å². The van der Waals surface area contributed by atoms with Crippen molar-refractivity contribution in [1.82, 2.24) is 5.32 Å². The molecule has 0 aromatic heterocycles. The topological polar surface area (TPSA) is 55.1 Å². The molecule has 0 fully saturated rings. The van der Waals surface area contributed by atoms with E-state index in [9.17, 15) is 4.79 Å². The van der Waals surface area contributed by atoms with E-state index in [1.165, 1.54) is 6.92 Å². The lowest BCUT2D eigenvalue weighted by Crippen LogP contribution is -2.20. The number of nitrogens with two attached hydrogens (primary N) is 1. The Labute approximate surface area is 80.8 Å². The summed E-state index contributed by atoms with van der Waals surface area (Å²) >= 11 is 3.24. The number of halogens is 1. The summed E-state index contributed by atoms with van der Waals surface area (Å²) in [5.74, 6) is -0.106. The van der Waals surface area contributed by atoms with Gasteiger partial charge in [0.15, 0.2) is 0 Å². The quantitative estimate of drug-likeness (QED) is 0.727. The van der Waals surface area contributed by atoms with Gasteiger partial charge in [-0.2, -0.15) is 0 Å². The lowest BCUT2D eigenvalue weighted by molar-refractivity contribution is -0.118. The second-order valence-corrected chi connectivity index (χ2v) is 3.15. The van der Waals surface area contributed by atoms with Gasteiger partial charge in [-0.25, -0.2) is 0 Å². The van der Waals surface area contributed by atoms with Crippen molar-refractivity contribution >= 4 is 21.8 Å². The molecule has 0 radical (unpaired) electrons. The molecular formula is C8H13BrN2O. The van der Waals surface area contributed by atoms with Crippen LogP contribution < -0.4 is 11.1 Å². The Morgan fingerprint density at radius 1 is 1.67 bits per heavy atom. The molecule has 3 nitrogen and oxygen atoms in total. The van der Waals surface area contributed by atoms with Crippen LogP contribution in [0.4, 0.5) is 0 Å². The minimum absolute atomic E-state index is 0.106. The van der Waals surface area contributed by atoms with Gasteiger partial charge in [0.1, 0.15) is 0 Å². The normalized spacial score (nSPS) is 11.9. The third kappa shape index (κ3) is 3.57. The fourth-order valence-electron chi connectivity index (χ4n) is 0.705.